The van der Waals surface area contributed by atoms with Crippen LogP contribution in [-0.4, -0.2) is 33.6 Å². The van der Waals surface area contributed by atoms with Crippen molar-refractivity contribution in [1.29, 1.82) is 0 Å². The molecule has 2 aromatic carbocycles. The number of halogens is 1. The Morgan fingerprint density at radius 2 is 1.81 bits per heavy atom. The molecule has 0 saturated carbocycles. The second-order valence-corrected chi connectivity index (χ2v) is 8.38. The highest BCUT2D eigenvalue weighted by atomic mass is 35.5. The lowest BCUT2D eigenvalue weighted by molar-refractivity contribution is -0.132. The number of ketones is 1. The van der Waals surface area contributed by atoms with E-state index in [4.69, 9.17) is 16.3 Å². The highest BCUT2D eigenvalue weighted by Crippen LogP contribution is 2.43. The lowest BCUT2D eigenvalue weighted by Crippen LogP contribution is -2.29. The summed E-state index contributed by atoms with van der Waals surface area (Å²) in [6, 6.07) is 12.6. The fraction of sp³-hybridized carbons (Fsp3) is 0.182. The molecule has 1 fully saturated rings. The van der Waals surface area contributed by atoms with Gasteiger partial charge in [-0.2, -0.15) is 0 Å². The molecular weight excluding hydrogens is 438 g/mol. The van der Waals surface area contributed by atoms with Gasteiger partial charge in [-0.1, -0.05) is 35.1 Å². The molecule has 0 radical (unpaired) electrons. The molecule has 3 aromatic rings. The average molecular weight is 456 g/mol. The monoisotopic (exact) mass is 455 g/mol. The second kappa shape index (κ2) is 8.49. The molecule has 0 aliphatic carbocycles. The number of hydrogen-bond donors (Lipinski definition) is 1. The van der Waals surface area contributed by atoms with Gasteiger partial charge in [0, 0.05) is 10.6 Å². The Morgan fingerprint density at radius 3 is 2.39 bits per heavy atom. The number of hydrogen-bond acceptors (Lipinski definition) is 7. The van der Waals surface area contributed by atoms with Gasteiger partial charge in [0.15, 0.2) is 0 Å². The van der Waals surface area contributed by atoms with E-state index in [1.54, 1.807) is 55.5 Å². The van der Waals surface area contributed by atoms with Crippen molar-refractivity contribution in [2.75, 3.05) is 11.5 Å². The van der Waals surface area contributed by atoms with E-state index < -0.39 is 17.7 Å². The predicted molar refractivity (Wildman–Crippen MR) is 118 cm³/mol. The number of benzene rings is 2. The number of nitrogens with zero attached hydrogens (tertiary/aromatic N) is 3. The van der Waals surface area contributed by atoms with Gasteiger partial charge in [0.2, 0.25) is 5.13 Å². The van der Waals surface area contributed by atoms with Gasteiger partial charge < -0.3 is 9.84 Å². The van der Waals surface area contributed by atoms with Gasteiger partial charge in [0.25, 0.3) is 5.78 Å². The number of carbonyl (C=O) groups is 2. The molecule has 1 aliphatic heterocycles. The van der Waals surface area contributed by atoms with E-state index in [1.165, 1.54) is 16.2 Å². The maximum absolute atomic E-state index is 13.0. The molecule has 1 atom stereocenters. The molecule has 0 bridgehead atoms. The summed E-state index contributed by atoms with van der Waals surface area (Å²) in [4.78, 5) is 27.3. The zero-order valence-electron chi connectivity index (χ0n) is 16.7. The Morgan fingerprint density at radius 1 is 1.13 bits per heavy atom. The van der Waals surface area contributed by atoms with Crippen molar-refractivity contribution in [2.24, 2.45) is 0 Å². The van der Waals surface area contributed by atoms with Crippen LogP contribution < -0.4 is 9.64 Å². The zero-order chi connectivity index (χ0) is 22.1. The first-order valence-electron chi connectivity index (χ1n) is 9.50. The molecule has 1 N–H and O–H groups in total. The van der Waals surface area contributed by atoms with Gasteiger partial charge in [-0.15, -0.1) is 10.2 Å². The topological polar surface area (TPSA) is 92.6 Å². The summed E-state index contributed by atoms with van der Waals surface area (Å²) < 4.78 is 5.43. The van der Waals surface area contributed by atoms with Gasteiger partial charge in [0.05, 0.1) is 18.2 Å². The van der Waals surface area contributed by atoms with E-state index in [0.717, 1.165) is 0 Å². The van der Waals surface area contributed by atoms with Crippen molar-refractivity contribution in [3.63, 3.8) is 0 Å². The highest BCUT2D eigenvalue weighted by molar-refractivity contribution is 7.15. The summed E-state index contributed by atoms with van der Waals surface area (Å²) in [6.07, 6.45) is 0. The molecule has 2 heterocycles. The van der Waals surface area contributed by atoms with Crippen LogP contribution in [0.25, 0.3) is 5.76 Å². The Kier molecular flexibility index (Phi) is 5.75. The summed E-state index contributed by atoms with van der Waals surface area (Å²) in [5.41, 5.74) is 0.988. The Labute approximate surface area is 187 Å². The third kappa shape index (κ3) is 3.92. The highest BCUT2D eigenvalue weighted by Gasteiger charge is 2.48. The summed E-state index contributed by atoms with van der Waals surface area (Å²) in [5, 5.41) is 20.5. The molecule has 1 saturated heterocycles. The van der Waals surface area contributed by atoms with Crippen LogP contribution in [0.15, 0.2) is 54.1 Å². The summed E-state index contributed by atoms with van der Waals surface area (Å²) in [6.45, 7) is 4.14. The molecule has 4 rings (SSSR count). The van der Waals surface area contributed by atoms with Crippen LogP contribution in [0.4, 0.5) is 5.13 Å². The lowest BCUT2D eigenvalue weighted by atomic mass is 9.95. The van der Waals surface area contributed by atoms with Crippen LogP contribution in [0.3, 0.4) is 0 Å². The molecule has 1 amide bonds. The fourth-order valence-corrected chi connectivity index (χ4v) is 4.25. The quantitative estimate of drug-likeness (QED) is 0.345. The van der Waals surface area contributed by atoms with E-state index in [1.807, 2.05) is 6.92 Å². The van der Waals surface area contributed by atoms with Gasteiger partial charge >= 0.3 is 5.91 Å². The average Bonchev–Trinajstić information content (AvgIpc) is 3.30. The minimum absolute atomic E-state index is 0.0238. The number of ether oxygens (including phenoxy) is 1. The normalized spacial score (nSPS) is 17.9. The molecule has 1 aliphatic rings. The minimum atomic E-state index is -0.865. The Balaban J connectivity index is 1.87. The lowest BCUT2D eigenvalue weighted by Gasteiger charge is -2.22. The van der Waals surface area contributed by atoms with E-state index in [9.17, 15) is 14.7 Å². The largest absolute Gasteiger partial charge is 0.507 e. The van der Waals surface area contributed by atoms with Crippen molar-refractivity contribution >= 4 is 45.5 Å². The standard InChI is InChI=1S/C22H18ClN3O4S/c1-3-30-16-10-6-14(7-11-16)19(27)17-18(13-4-8-15(23)9-5-13)26(21(29)20(17)28)22-25-24-12(2)31-22/h4-11,18,27H,3H2,1-2H3/b19-17-. The molecule has 7 nitrogen and oxygen atoms in total. The fourth-order valence-electron chi connectivity index (χ4n) is 3.40. The Bertz CT molecular complexity index is 1170. The van der Waals surface area contributed by atoms with Crippen LogP contribution in [0.5, 0.6) is 5.75 Å². The maximum atomic E-state index is 13.0. The summed E-state index contributed by atoms with van der Waals surface area (Å²) >= 11 is 7.22. The van der Waals surface area contributed by atoms with Crippen LogP contribution >= 0.6 is 22.9 Å². The first kappa shape index (κ1) is 21.0. The molecule has 1 aromatic heterocycles. The first-order chi connectivity index (χ1) is 14.9. The van der Waals surface area contributed by atoms with E-state index in [-0.39, 0.29) is 16.5 Å². The van der Waals surface area contributed by atoms with Crippen molar-refractivity contribution in [3.05, 3.63) is 75.3 Å². The van der Waals surface area contributed by atoms with E-state index >= 15 is 0 Å². The van der Waals surface area contributed by atoms with Gasteiger partial charge in [-0.05, 0) is 55.8 Å². The molecular formula is C22H18ClN3O4S. The first-order valence-corrected chi connectivity index (χ1v) is 10.7. The number of anilines is 1. The minimum Gasteiger partial charge on any atom is -0.507 e. The summed E-state index contributed by atoms with van der Waals surface area (Å²) in [7, 11) is 0. The number of carbonyl (C=O) groups excluding carboxylic acids is 2. The molecule has 0 spiro atoms. The predicted octanol–water partition coefficient (Wildman–Crippen LogP) is 4.52. The van der Waals surface area contributed by atoms with Crippen molar-refractivity contribution in [1.82, 2.24) is 10.2 Å². The Hall–Kier alpha value is -3.23. The number of aryl methyl sites for hydroxylation is 1. The van der Waals surface area contributed by atoms with Crippen molar-refractivity contribution in [2.45, 2.75) is 19.9 Å². The van der Waals surface area contributed by atoms with E-state index in [0.29, 0.717) is 33.5 Å². The number of Topliss-reactive ketones (excluding diaryl/α,β-unsaturated/α-hetero) is 1. The molecule has 158 valence electrons. The van der Waals surface area contributed by atoms with Crippen molar-refractivity contribution < 1.29 is 19.4 Å². The summed E-state index contributed by atoms with van der Waals surface area (Å²) in [5.74, 6) is -1.20. The van der Waals surface area contributed by atoms with Crippen LogP contribution in [0, 0.1) is 6.92 Å². The molecule has 1 unspecified atom stereocenters. The van der Waals surface area contributed by atoms with Gasteiger partial charge in [0.1, 0.15) is 16.5 Å². The molecule has 9 heteroatoms. The number of aliphatic hydroxyl groups excluding tert-OH is 1. The maximum Gasteiger partial charge on any atom is 0.301 e. The van der Waals surface area contributed by atoms with Crippen LogP contribution in [0.2, 0.25) is 5.02 Å². The SMILES string of the molecule is CCOc1ccc(/C(O)=C2/C(=O)C(=O)N(c3nnc(C)s3)C2c2ccc(Cl)cc2)cc1. The zero-order valence-corrected chi connectivity index (χ0v) is 18.3. The number of amides is 1. The van der Waals surface area contributed by atoms with E-state index in [2.05, 4.69) is 10.2 Å². The smallest absolute Gasteiger partial charge is 0.301 e. The van der Waals surface area contributed by atoms with Crippen molar-refractivity contribution in [3.8, 4) is 5.75 Å². The third-order valence-electron chi connectivity index (χ3n) is 4.79. The second-order valence-electron chi connectivity index (χ2n) is 6.78. The van der Waals surface area contributed by atoms with Crippen LogP contribution in [-0.2, 0) is 9.59 Å². The number of aliphatic hydroxyl groups is 1. The number of aromatic nitrogens is 2. The van der Waals surface area contributed by atoms with Gasteiger partial charge in [-0.25, -0.2) is 0 Å². The van der Waals surface area contributed by atoms with Crippen LogP contribution in [0.1, 0.15) is 29.1 Å². The third-order valence-corrected chi connectivity index (χ3v) is 5.88. The van der Waals surface area contributed by atoms with Gasteiger partial charge in [-0.3, -0.25) is 14.5 Å². The molecule has 31 heavy (non-hydrogen) atoms. The number of rotatable bonds is 5.